The van der Waals surface area contributed by atoms with E-state index in [9.17, 15) is 43.2 Å². The van der Waals surface area contributed by atoms with Crippen LogP contribution in [-0.2, 0) is 49.7 Å². The maximum atomic E-state index is 14.3. The molecule has 1 aromatic carbocycles. The van der Waals surface area contributed by atoms with Crippen molar-refractivity contribution in [2.45, 2.75) is 169 Å². The normalized spacial score (nSPS) is 14.1. The van der Waals surface area contributed by atoms with Crippen LogP contribution < -0.4 is 71.2 Å². The summed E-state index contributed by atoms with van der Waals surface area (Å²) in [5.41, 5.74) is 28.9. The number of nitrogens with one attached hydrogen (secondary N) is 9. The van der Waals surface area contributed by atoms with Gasteiger partial charge >= 0.3 is 0 Å². The van der Waals surface area contributed by atoms with E-state index in [0.29, 0.717) is 24.9 Å². The second-order valence-electron chi connectivity index (χ2n) is 19.9. The number of carbonyl (C=O) groups excluding carboxylic acids is 9. The van der Waals surface area contributed by atoms with Gasteiger partial charge < -0.3 is 71.2 Å². The van der Waals surface area contributed by atoms with Gasteiger partial charge in [0.15, 0.2) is 5.96 Å². The first kappa shape index (κ1) is 64.2. The molecular weight excluding hydrogens is 943 g/mol. The van der Waals surface area contributed by atoms with E-state index in [1.54, 1.807) is 38.1 Å². The molecule has 0 heterocycles. The van der Waals surface area contributed by atoms with Crippen molar-refractivity contribution in [3.63, 3.8) is 0 Å². The third-order valence-electron chi connectivity index (χ3n) is 11.3. The second kappa shape index (κ2) is 33.0. The van der Waals surface area contributed by atoms with E-state index in [1.807, 2.05) is 41.5 Å². The molecule has 9 amide bonds. The lowest BCUT2D eigenvalue weighted by molar-refractivity contribution is -0.136. The van der Waals surface area contributed by atoms with Gasteiger partial charge in [0.2, 0.25) is 53.2 Å². The molecule has 0 fully saturated rings. The Kier molecular flexibility index (Phi) is 29.0. The van der Waals surface area contributed by atoms with Crippen LogP contribution in [0.5, 0.6) is 0 Å². The molecule has 0 aliphatic heterocycles. The molecule has 0 aliphatic rings. The van der Waals surface area contributed by atoms with Crippen LogP contribution >= 0.6 is 0 Å². The van der Waals surface area contributed by atoms with Gasteiger partial charge in [0.1, 0.15) is 48.1 Å². The Morgan fingerprint density at radius 3 is 1.37 bits per heavy atom. The highest BCUT2D eigenvalue weighted by atomic mass is 16.2. The van der Waals surface area contributed by atoms with Crippen molar-refractivity contribution in [2.75, 3.05) is 13.1 Å². The first-order valence-corrected chi connectivity index (χ1v) is 25.0. The van der Waals surface area contributed by atoms with Crippen LogP contribution in [-0.4, -0.2) is 120 Å². The molecule has 0 spiro atoms. The van der Waals surface area contributed by atoms with E-state index in [-0.39, 0.29) is 81.2 Å². The number of carbonyl (C=O) groups is 9. The highest BCUT2D eigenvalue weighted by Crippen LogP contribution is 2.14. The Morgan fingerprint density at radius 2 is 0.959 bits per heavy atom. The van der Waals surface area contributed by atoms with Crippen LogP contribution in [0.4, 0.5) is 0 Å². The van der Waals surface area contributed by atoms with Gasteiger partial charge in [-0.15, -0.1) is 0 Å². The number of guanidine groups is 1. The number of amidine groups is 1. The highest BCUT2D eigenvalue weighted by molar-refractivity contribution is 5.98. The monoisotopic (exact) mass is 1030 g/mol. The van der Waals surface area contributed by atoms with Gasteiger partial charge in [0.05, 0.1) is 6.42 Å². The van der Waals surface area contributed by atoms with Crippen molar-refractivity contribution in [2.24, 2.45) is 57.3 Å². The molecule has 0 radical (unpaired) electrons. The van der Waals surface area contributed by atoms with Crippen LogP contribution in [0, 0.1) is 29.1 Å². The first-order chi connectivity index (χ1) is 34.1. The summed E-state index contributed by atoms with van der Waals surface area (Å²) in [7, 11) is 0. The second-order valence-corrected chi connectivity index (χ2v) is 19.9. The van der Waals surface area contributed by atoms with Gasteiger partial charge in [-0.2, -0.15) is 0 Å². The minimum atomic E-state index is -1.35. The number of aliphatic imine (C=N–C) groups is 1. The summed E-state index contributed by atoms with van der Waals surface area (Å²) in [5.74, 6) is -7.56. The van der Waals surface area contributed by atoms with E-state index < -0.39 is 108 Å². The topological polar surface area (TPSA) is 416 Å². The number of benzene rings is 1. The molecule has 73 heavy (non-hydrogen) atoms. The number of rotatable bonds is 34. The average molecular weight is 1030 g/mol. The molecule has 0 aliphatic carbocycles. The van der Waals surface area contributed by atoms with Crippen molar-refractivity contribution >= 4 is 65.0 Å². The smallest absolute Gasteiger partial charge is 0.243 e. The number of hydrogen-bond acceptors (Lipinski definition) is 12. The van der Waals surface area contributed by atoms with E-state index in [0.717, 1.165) is 12.5 Å². The van der Waals surface area contributed by atoms with E-state index in [1.165, 1.54) is 0 Å². The predicted octanol–water partition coefficient (Wildman–Crippen LogP) is -1.15. The Labute approximate surface area is 429 Å². The minimum Gasteiger partial charge on any atom is -0.384 e. The molecule has 24 heteroatoms. The molecule has 0 saturated carbocycles. The standard InChI is InChI=1S/C49H85N15O9/c1-26(2)21-35(61-45(70)36(22-27(3)4)62-46(71)37(23-28(5)6)63-47(72)38(24-39(51)66)58-30(9)65)44(69)59-34(14-12-20-56-49(54)55)43(68)64-40(29(7)8)48(73)60-33(13-10-11-19-50)42(67)57-25-31-15-17-32(18-16-31)41(52)53/h15-18,26-29,33-38,40H,10-14,19-25,50H2,1-9H3,(H2,51,66)(H3,52,53)(H,57,67)(H,58,65)(H,59,69)(H,60,73)(H,61,70)(H,62,71)(H,63,72)(H,64,68)(H4,54,55,56)/t33-,34-,35-,36-,37-,38-,40-/m0/s1. The Hall–Kier alpha value is -6.85. The first-order valence-electron chi connectivity index (χ1n) is 25.0. The lowest BCUT2D eigenvalue weighted by Crippen LogP contribution is -2.61. The van der Waals surface area contributed by atoms with Gasteiger partial charge in [-0.3, -0.25) is 53.6 Å². The Balaban J connectivity index is 3.46. The molecule has 1 rings (SSSR count). The van der Waals surface area contributed by atoms with Gasteiger partial charge in [0, 0.05) is 25.6 Å². The maximum absolute atomic E-state index is 14.3. The van der Waals surface area contributed by atoms with E-state index in [2.05, 4.69) is 47.5 Å². The molecule has 7 atom stereocenters. The molecule has 410 valence electrons. The minimum absolute atomic E-state index is 0.00211. The number of nitrogens with zero attached hydrogens (tertiary/aromatic N) is 1. The summed E-state index contributed by atoms with van der Waals surface area (Å²) < 4.78 is 0. The Morgan fingerprint density at radius 1 is 0.534 bits per heavy atom. The van der Waals surface area contributed by atoms with Gasteiger partial charge in [-0.1, -0.05) is 79.7 Å². The lowest BCUT2D eigenvalue weighted by atomic mass is 9.98. The summed E-state index contributed by atoms with van der Waals surface area (Å²) >= 11 is 0. The zero-order valence-corrected chi connectivity index (χ0v) is 44.2. The molecule has 0 bridgehead atoms. The maximum Gasteiger partial charge on any atom is 0.243 e. The van der Waals surface area contributed by atoms with Crippen molar-refractivity contribution in [1.29, 1.82) is 5.41 Å². The number of amides is 9. The van der Waals surface area contributed by atoms with Crippen molar-refractivity contribution < 1.29 is 43.2 Å². The summed E-state index contributed by atoms with van der Waals surface area (Å²) in [6.07, 6.45) is 1.38. The molecule has 0 unspecified atom stereocenters. The predicted molar refractivity (Wildman–Crippen MR) is 278 cm³/mol. The fourth-order valence-corrected chi connectivity index (χ4v) is 7.55. The fraction of sp³-hybridized carbons (Fsp3) is 0.653. The summed E-state index contributed by atoms with van der Waals surface area (Å²) in [6, 6.07) is -1.68. The van der Waals surface area contributed by atoms with Gasteiger partial charge in [0.25, 0.3) is 0 Å². The van der Waals surface area contributed by atoms with Crippen LogP contribution in [0.1, 0.15) is 131 Å². The number of hydrogen-bond donors (Lipinski definition) is 14. The van der Waals surface area contributed by atoms with Crippen LogP contribution in [0.25, 0.3) is 0 Å². The SMILES string of the molecule is CC(=O)N[C@@H](CC(N)=O)C(=O)N[C@@H](CC(C)C)C(=O)N[C@@H](CC(C)C)C(=O)N[C@@H](CC(C)C)C(=O)N[C@@H](CCCN=C(N)N)C(=O)N[C@H](C(=O)N[C@@H](CCCCN)C(=O)NCc1ccc(C(=N)N)cc1)C(C)C. The third kappa shape index (κ3) is 25.9. The summed E-state index contributed by atoms with van der Waals surface area (Å²) in [4.78, 5) is 125. The van der Waals surface area contributed by atoms with Crippen LogP contribution in [0.3, 0.4) is 0 Å². The fourth-order valence-electron chi connectivity index (χ4n) is 7.55. The van der Waals surface area contributed by atoms with Gasteiger partial charge in [-0.25, -0.2) is 0 Å². The number of nitrogens with two attached hydrogens (primary N) is 5. The average Bonchev–Trinajstić information content (AvgIpc) is 3.28. The van der Waals surface area contributed by atoms with E-state index in [4.69, 9.17) is 34.1 Å². The molecule has 24 nitrogen and oxygen atoms in total. The van der Waals surface area contributed by atoms with Crippen molar-refractivity contribution in [1.82, 2.24) is 42.5 Å². The van der Waals surface area contributed by atoms with Crippen molar-refractivity contribution in [3.8, 4) is 0 Å². The third-order valence-corrected chi connectivity index (χ3v) is 11.3. The zero-order valence-electron chi connectivity index (χ0n) is 44.2. The number of unbranched alkanes of at least 4 members (excludes halogenated alkanes) is 1. The van der Waals surface area contributed by atoms with Crippen molar-refractivity contribution in [3.05, 3.63) is 35.4 Å². The Bertz CT molecular complexity index is 2030. The summed E-state index contributed by atoms with van der Waals surface area (Å²) in [6.45, 7) is 16.1. The zero-order chi connectivity index (χ0) is 55.5. The lowest BCUT2D eigenvalue weighted by Gasteiger charge is -2.29. The molecule has 1 aromatic rings. The van der Waals surface area contributed by atoms with Crippen LogP contribution in [0.2, 0.25) is 0 Å². The number of nitrogen functional groups attached to an aromatic ring is 1. The van der Waals surface area contributed by atoms with Gasteiger partial charge in [-0.05, 0) is 87.1 Å². The van der Waals surface area contributed by atoms with Crippen LogP contribution in [0.15, 0.2) is 29.3 Å². The quantitative estimate of drug-likeness (QED) is 0.0221. The molecule has 19 N–H and O–H groups in total. The molecule has 0 aromatic heterocycles. The largest absolute Gasteiger partial charge is 0.384 e. The highest BCUT2D eigenvalue weighted by Gasteiger charge is 2.35. The molecule has 0 saturated heterocycles. The summed E-state index contributed by atoms with van der Waals surface area (Å²) in [5, 5.41) is 29.2. The molecular formula is C49H85N15O9. The number of primary amides is 1. The van der Waals surface area contributed by atoms with E-state index >= 15 is 0 Å².